The van der Waals surface area contributed by atoms with Crippen molar-refractivity contribution in [1.82, 2.24) is 0 Å². The number of benzene rings is 1. The molecule has 0 fully saturated rings. The van der Waals surface area contributed by atoms with Crippen LogP contribution in [0, 0.1) is 6.92 Å². The standard InChI is InChI=1S/C12H19O3PS2/c1-9(2)16(17,14-4)15-11-6-7-12(18(5)13)10(3)8-11/h6-9H,1-5H3. The van der Waals surface area contributed by atoms with Crippen molar-refractivity contribution < 1.29 is 13.3 Å². The van der Waals surface area contributed by atoms with Crippen LogP contribution in [0.25, 0.3) is 0 Å². The van der Waals surface area contributed by atoms with Crippen LogP contribution in [0.2, 0.25) is 0 Å². The predicted octanol–water partition coefficient (Wildman–Crippen LogP) is 3.48. The van der Waals surface area contributed by atoms with Gasteiger partial charge >= 0.3 is 0 Å². The number of hydrogen-bond acceptors (Lipinski definition) is 4. The Morgan fingerprint density at radius 3 is 2.39 bits per heavy atom. The quantitative estimate of drug-likeness (QED) is 0.780. The van der Waals surface area contributed by atoms with Gasteiger partial charge in [-0.25, -0.2) is 0 Å². The Morgan fingerprint density at radius 1 is 1.39 bits per heavy atom. The summed E-state index contributed by atoms with van der Waals surface area (Å²) >= 11 is 5.44. The van der Waals surface area contributed by atoms with Gasteiger partial charge in [-0.3, -0.25) is 4.21 Å². The lowest BCUT2D eigenvalue weighted by molar-refractivity contribution is 0.385. The fraction of sp³-hybridized carbons (Fsp3) is 0.500. The zero-order valence-corrected chi connectivity index (χ0v) is 13.8. The topological polar surface area (TPSA) is 35.5 Å². The van der Waals surface area contributed by atoms with E-state index >= 15 is 0 Å². The van der Waals surface area contributed by atoms with Gasteiger partial charge in [-0.1, -0.05) is 13.8 Å². The number of rotatable bonds is 5. The molecule has 18 heavy (non-hydrogen) atoms. The molecule has 0 heterocycles. The Kier molecular flexibility index (Phi) is 5.53. The molecule has 0 amide bonds. The van der Waals surface area contributed by atoms with Crippen LogP contribution in [0.1, 0.15) is 19.4 Å². The average Bonchev–Trinajstić information content (AvgIpc) is 2.28. The second kappa shape index (κ2) is 6.29. The molecule has 102 valence electrons. The highest BCUT2D eigenvalue weighted by atomic mass is 32.5. The lowest BCUT2D eigenvalue weighted by Crippen LogP contribution is -2.06. The molecule has 0 aromatic heterocycles. The summed E-state index contributed by atoms with van der Waals surface area (Å²) in [7, 11) is 0.600. The molecule has 0 aliphatic carbocycles. The van der Waals surface area contributed by atoms with Crippen LogP contribution in [-0.2, 0) is 27.1 Å². The van der Waals surface area contributed by atoms with Crippen molar-refractivity contribution in [3.63, 3.8) is 0 Å². The minimum absolute atomic E-state index is 0.151. The van der Waals surface area contributed by atoms with Crippen LogP contribution in [0.15, 0.2) is 23.1 Å². The van der Waals surface area contributed by atoms with Crippen molar-refractivity contribution in [3.05, 3.63) is 23.8 Å². The van der Waals surface area contributed by atoms with Crippen LogP contribution >= 0.6 is 6.49 Å². The summed E-state index contributed by atoms with van der Waals surface area (Å²) in [6.45, 7) is 3.60. The van der Waals surface area contributed by atoms with Crippen LogP contribution in [0.3, 0.4) is 0 Å². The van der Waals surface area contributed by atoms with Gasteiger partial charge in [0.05, 0.1) is 10.8 Å². The Balaban J connectivity index is 3.03. The summed E-state index contributed by atoms with van der Waals surface area (Å²) < 4.78 is 22.7. The molecule has 1 aromatic carbocycles. The Bertz CT molecular complexity index is 500. The van der Waals surface area contributed by atoms with Crippen LogP contribution in [0.4, 0.5) is 0 Å². The van der Waals surface area contributed by atoms with Gasteiger partial charge in [0, 0.05) is 23.9 Å². The number of aryl methyl sites for hydroxylation is 1. The van der Waals surface area contributed by atoms with Gasteiger partial charge in [-0.05, 0) is 42.5 Å². The van der Waals surface area contributed by atoms with Crippen molar-refractivity contribution >= 4 is 29.1 Å². The molecule has 3 nitrogen and oxygen atoms in total. The smallest absolute Gasteiger partial charge is 0.240 e. The van der Waals surface area contributed by atoms with Crippen LogP contribution < -0.4 is 4.52 Å². The number of hydrogen-bond donors (Lipinski definition) is 0. The van der Waals surface area contributed by atoms with E-state index in [0.717, 1.165) is 10.5 Å². The van der Waals surface area contributed by atoms with E-state index in [1.165, 1.54) is 0 Å². The fourth-order valence-corrected chi connectivity index (χ4v) is 3.65. The maximum Gasteiger partial charge on any atom is 0.240 e. The molecule has 1 rings (SSSR count). The van der Waals surface area contributed by atoms with Gasteiger partial charge < -0.3 is 9.05 Å². The molecule has 0 spiro atoms. The fourth-order valence-electron chi connectivity index (χ4n) is 1.50. The molecule has 1 aromatic rings. The zero-order valence-electron chi connectivity index (χ0n) is 11.3. The highest BCUT2D eigenvalue weighted by molar-refractivity contribution is 8.10. The predicted molar refractivity (Wildman–Crippen MR) is 80.6 cm³/mol. The molecule has 0 aliphatic rings. The molecule has 0 saturated heterocycles. The molecular formula is C12H19O3PS2. The molecular weight excluding hydrogens is 287 g/mol. The SMILES string of the molecule is COP(=S)(Oc1ccc(S(C)=O)c(C)c1)C(C)C. The minimum atomic E-state index is -2.30. The minimum Gasteiger partial charge on any atom is -0.443 e. The third-order valence-corrected chi connectivity index (χ3v) is 7.83. The molecule has 6 heteroatoms. The molecule has 0 aliphatic heterocycles. The largest absolute Gasteiger partial charge is 0.443 e. The van der Waals surface area contributed by atoms with E-state index in [1.807, 2.05) is 32.9 Å². The van der Waals surface area contributed by atoms with Crippen molar-refractivity contribution in [3.8, 4) is 5.75 Å². The van der Waals surface area contributed by atoms with Crippen molar-refractivity contribution in [1.29, 1.82) is 0 Å². The lowest BCUT2D eigenvalue weighted by Gasteiger charge is -2.24. The van der Waals surface area contributed by atoms with Crippen molar-refractivity contribution in [2.75, 3.05) is 13.4 Å². The third-order valence-electron chi connectivity index (χ3n) is 2.58. The van der Waals surface area contributed by atoms with Crippen molar-refractivity contribution in [2.45, 2.75) is 31.3 Å². The second-order valence-corrected chi connectivity index (χ2v) is 9.82. The average molecular weight is 306 g/mol. The first-order valence-corrected chi connectivity index (χ1v) is 9.86. The molecule has 0 radical (unpaired) electrons. The van der Waals surface area contributed by atoms with Gasteiger partial charge in [-0.15, -0.1) is 0 Å². The van der Waals surface area contributed by atoms with Crippen LogP contribution in [-0.4, -0.2) is 23.2 Å². The second-order valence-electron chi connectivity index (χ2n) is 4.29. The first-order valence-electron chi connectivity index (χ1n) is 5.59. The summed E-state index contributed by atoms with van der Waals surface area (Å²) in [5.74, 6) is 0.681. The first kappa shape index (κ1) is 15.8. The Labute approximate surface area is 117 Å². The van der Waals surface area contributed by atoms with E-state index in [2.05, 4.69) is 0 Å². The van der Waals surface area contributed by atoms with E-state index in [0.29, 0.717) is 5.75 Å². The van der Waals surface area contributed by atoms with E-state index in [-0.39, 0.29) is 5.66 Å². The highest BCUT2D eigenvalue weighted by Gasteiger charge is 2.24. The maximum atomic E-state index is 11.5. The summed E-state index contributed by atoms with van der Waals surface area (Å²) in [5, 5.41) is 0. The van der Waals surface area contributed by atoms with E-state index < -0.39 is 17.3 Å². The maximum absolute atomic E-state index is 11.5. The third kappa shape index (κ3) is 3.64. The zero-order chi connectivity index (χ0) is 13.9. The summed E-state index contributed by atoms with van der Waals surface area (Å²) in [4.78, 5) is 0.817. The summed E-state index contributed by atoms with van der Waals surface area (Å²) in [6, 6.07) is 5.47. The van der Waals surface area contributed by atoms with Gasteiger partial charge in [0.2, 0.25) is 6.49 Å². The molecule has 2 atom stereocenters. The van der Waals surface area contributed by atoms with Gasteiger partial charge in [0.1, 0.15) is 5.75 Å². The lowest BCUT2D eigenvalue weighted by atomic mass is 10.2. The summed E-state index contributed by atoms with van der Waals surface area (Å²) in [5.41, 5.74) is 1.09. The molecule has 0 N–H and O–H groups in total. The van der Waals surface area contributed by atoms with Gasteiger partial charge in [0.25, 0.3) is 0 Å². The van der Waals surface area contributed by atoms with Gasteiger partial charge in [0.15, 0.2) is 0 Å². The highest BCUT2D eigenvalue weighted by Crippen LogP contribution is 2.52. The van der Waals surface area contributed by atoms with E-state index in [1.54, 1.807) is 19.4 Å². The molecule has 0 bridgehead atoms. The molecule has 0 saturated carbocycles. The van der Waals surface area contributed by atoms with Gasteiger partial charge in [-0.2, -0.15) is 0 Å². The Hall–Kier alpha value is -0.220. The summed E-state index contributed by atoms with van der Waals surface area (Å²) in [6.07, 6.45) is 1.66. The Morgan fingerprint density at radius 2 is 2.00 bits per heavy atom. The first-order chi connectivity index (χ1) is 8.30. The van der Waals surface area contributed by atoms with E-state index in [4.69, 9.17) is 20.9 Å². The van der Waals surface area contributed by atoms with Crippen molar-refractivity contribution in [2.24, 2.45) is 0 Å². The van der Waals surface area contributed by atoms with E-state index in [9.17, 15) is 4.21 Å². The molecule has 2 unspecified atom stereocenters. The monoisotopic (exact) mass is 306 g/mol. The normalized spacial score (nSPS) is 16.3. The van der Waals surface area contributed by atoms with Crippen LogP contribution in [0.5, 0.6) is 5.75 Å².